The van der Waals surface area contributed by atoms with Gasteiger partial charge in [0.1, 0.15) is 11.6 Å². The van der Waals surface area contributed by atoms with E-state index in [1.165, 1.54) is 6.07 Å². The van der Waals surface area contributed by atoms with Crippen LogP contribution in [0.1, 0.15) is 24.2 Å². The average molecular weight is 289 g/mol. The van der Waals surface area contributed by atoms with Gasteiger partial charge in [0.25, 0.3) is 0 Å². The number of rotatable bonds is 5. The number of benzene rings is 2. The molecule has 0 aromatic heterocycles. The second kappa shape index (κ2) is 6.59. The van der Waals surface area contributed by atoms with Crippen molar-refractivity contribution in [1.29, 1.82) is 0 Å². The van der Waals surface area contributed by atoms with Crippen LogP contribution in [-0.4, -0.2) is 19.3 Å². The minimum absolute atomic E-state index is 0.342. The van der Waals surface area contributed by atoms with Crippen molar-refractivity contribution >= 4 is 5.69 Å². The van der Waals surface area contributed by atoms with Crippen LogP contribution < -0.4 is 9.64 Å². The van der Waals surface area contributed by atoms with Crippen LogP contribution in [-0.2, 0) is 6.54 Å². The lowest BCUT2D eigenvalue weighted by molar-refractivity contribution is 0.199. The van der Waals surface area contributed by atoms with Gasteiger partial charge in [-0.05, 0) is 30.7 Å². The zero-order chi connectivity index (χ0) is 15.4. The highest BCUT2D eigenvalue weighted by molar-refractivity contribution is 5.50. The average Bonchev–Trinajstić information content (AvgIpc) is 2.47. The molecule has 2 aromatic rings. The van der Waals surface area contributed by atoms with Gasteiger partial charge < -0.3 is 14.7 Å². The molecule has 2 aromatic carbocycles. The molecule has 3 nitrogen and oxygen atoms in total. The van der Waals surface area contributed by atoms with Crippen molar-refractivity contribution in [2.45, 2.75) is 19.6 Å². The molecule has 0 aliphatic heterocycles. The molecule has 0 aliphatic carbocycles. The molecule has 0 aliphatic rings. The van der Waals surface area contributed by atoms with Crippen LogP contribution >= 0.6 is 0 Å². The van der Waals surface area contributed by atoms with Gasteiger partial charge in [-0.2, -0.15) is 0 Å². The number of anilines is 1. The van der Waals surface area contributed by atoms with Gasteiger partial charge in [0.2, 0.25) is 0 Å². The van der Waals surface area contributed by atoms with Crippen LogP contribution in [0.5, 0.6) is 5.75 Å². The molecular weight excluding hydrogens is 269 g/mol. The number of ether oxygens (including phenoxy) is 1. The monoisotopic (exact) mass is 289 g/mol. The summed E-state index contributed by atoms with van der Waals surface area (Å²) in [6.07, 6.45) is -0.673. The third-order valence-corrected chi connectivity index (χ3v) is 3.47. The van der Waals surface area contributed by atoms with Crippen molar-refractivity contribution in [3.8, 4) is 5.75 Å². The minimum atomic E-state index is -0.673. The van der Waals surface area contributed by atoms with Gasteiger partial charge in [-0.15, -0.1) is 0 Å². The van der Waals surface area contributed by atoms with E-state index in [1.54, 1.807) is 26.2 Å². The fourth-order valence-corrected chi connectivity index (χ4v) is 2.27. The Morgan fingerprint density at radius 3 is 2.57 bits per heavy atom. The van der Waals surface area contributed by atoms with Crippen LogP contribution in [0.3, 0.4) is 0 Å². The molecule has 2 rings (SSSR count). The van der Waals surface area contributed by atoms with Gasteiger partial charge in [0, 0.05) is 19.2 Å². The molecule has 0 heterocycles. The van der Waals surface area contributed by atoms with Crippen molar-refractivity contribution in [3.63, 3.8) is 0 Å². The molecule has 0 unspecified atom stereocenters. The lowest BCUT2D eigenvalue weighted by atomic mass is 10.1. The summed E-state index contributed by atoms with van der Waals surface area (Å²) in [5.41, 5.74) is 2.05. The van der Waals surface area contributed by atoms with Crippen molar-refractivity contribution in [2.24, 2.45) is 0 Å². The SMILES string of the molecule is COc1ccccc1CN(C)c1ccc([C@H](C)O)cc1F. The van der Waals surface area contributed by atoms with E-state index < -0.39 is 6.10 Å². The Balaban J connectivity index is 2.22. The molecule has 0 saturated heterocycles. The zero-order valence-electron chi connectivity index (χ0n) is 12.5. The first-order chi connectivity index (χ1) is 10.0. The molecule has 21 heavy (non-hydrogen) atoms. The summed E-state index contributed by atoms with van der Waals surface area (Å²) in [7, 11) is 3.45. The first-order valence-corrected chi connectivity index (χ1v) is 6.83. The predicted molar refractivity (Wildman–Crippen MR) is 82.1 cm³/mol. The lowest BCUT2D eigenvalue weighted by Gasteiger charge is -2.22. The van der Waals surface area contributed by atoms with Crippen molar-refractivity contribution in [2.75, 3.05) is 19.1 Å². The van der Waals surface area contributed by atoms with E-state index in [2.05, 4.69) is 0 Å². The number of nitrogens with zero attached hydrogens (tertiary/aromatic N) is 1. The molecule has 1 N–H and O–H groups in total. The summed E-state index contributed by atoms with van der Waals surface area (Å²) < 4.78 is 19.5. The van der Waals surface area contributed by atoms with Gasteiger partial charge in [-0.25, -0.2) is 4.39 Å². The molecule has 0 radical (unpaired) electrons. The van der Waals surface area contributed by atoms with E-state index in [-0.39, 0.29) is 5.82 Å². The van der Waals surface area contributed by atoms with Crippen molar-refractivity contribution in [1.82, 2.24) is 0 Å². The van der Waals surface area contributed by atoms with E-state index in [4.69, 9.17) is 4.74 Å². The quantitative estimate of drug-likeness (QED) is 0.914. The third-order valence-electron chi connectivity index (χ3n) is 3.47. The minimum Gasteiger partial charge on any atom is -0.496 e. The zero-order valence-corrected chi connectivity index (χ0v) is 12.5. The van der Waals surface area contributed by atoms with Gasteiger partial charge in [0.05, 0.1) is 18.9 Å². The highest BCUT2D eigenvalue weighted by atomic mass is 19.1. The highest BCUT2D eigenvalue weighted by Crippen LogP contribution is 2.26. The molecule has 0 amide bonds. The normalized spacial score (nSPS) is 12.0. The summed E-state index contributed by atoms with van der Waals surface area (Å²) >= 11 is 0. The van der Waals surface area contributed by atoms with Crippen molar-refractivity contribution < 1.29 is 14.2 Å². The number of hydrogen-bond acceptors (Lipinski definition) is 3. The summed E-state index contributed by atoms with van der Waals surface area (Å²) in [6.45, 7) is 2.15. The first kappa shape index (κ1) is 15.3. The molecule has 1 atom stereocenters. The van der Waals surface area contributed by atoms with Gasteiger partial charge in [-0.3, -0.25) is 0 Å². The second-order valence-electron chi connectivity index (χ2n) is 5.05. The Labute approximate surface area is 124 Å². The molecule has 0 bridgehead atoms. The van der Waals surface area contributed by atoms with E-state index >= 15 is 0 Å². The number of halogens is 1. The lowest BCUT2D eigenvalue weighted by Crippen LogP contribution is -2.18. The summed E-state index contributed by atoms with van der Waals surface area (Å²) in [5, 5.41) is 9.48. The van der Waals surface area contributed by atoms with E-state index in [0.717, 1.165) is 11.3 Å². The number of methoxy groups -OCH3 is 1. The van der Waals surface area contributed by atoms with Crippen molar-refractivity contribution in [3.05, 3.63) is 59.4 Å². The van der Waals surface area contributed by atoms with Crippen LogP contribution in [0, 0.1) is 5.82 Å². The number of hydrogen-bond donors (Lipinski definition) is 1. The Bertz CT molecular complexity index is 613. The standard InChI is InChI=1S/C17H20FNO2/c1-12(20)13-8-9-16(15(18)10-13)19(2)11-14-6-4-5-7-17(14)21-3/h4-10,12,20H,11H2,1-3H3/t12-/m0/s1. The molecule has 112 valence electrons. The Hall–Kier alpha value is -2.07. The molecular formula is C17H20FNO2. The van der Waals surface area contributed by atoms with Crippen LogP contribution in [0.4, 0.5) is 10.1 Å². The molecule has 0 fully saturated rings. The number of aliphatic hydroxyl groups excluding tert-OH is 1. The summed E-state index contributed by atoms with van der Waals surface area (Å²) in [4.78, 5) is 1.82. The van der Waals surface area contributed by atoms with E-state index in [9.17, 15) is 9.50 Å². The number of para-hydroxylation sites is 1. The van der Waals surface area contributed by atoms with Crippen LogP contribution in [0.2, 0.25) is 0 Å². The molecule has 0 saturated carbocycles. The highest BCUT2D eigenvalue weighted by Gasteiger charge is 2.12. The van der Waals surface area contributed by atoms with Crippen LogP contribution in [0.15, 0.2) is 42.5 Å². The van der Waals surface area contributed by atoms with Gasteiger partial charge >= 0.3 is 0 Å². The van der Waals surface area contributed by atoms with Gasteiger partial charge in [0.15, 0.2) is 0 Å². The third kappa shape index (κ3) is 3.52. The predicted octanol–water partition coefficient (Wildman–Crippen LogP) is 3.52. The maximum absolute atomic E-state index is 14.2. The first-order valence-electron chi connectivity index (χ1n) is 6.83. The molecule has 4 heteroatoms. The second-order valence-corrected chi connectivity index (χ2v) is 5.05. The topological polar surface area (TPSA) is 32.7 Å². The van der Waals surface area contributed by atoms with Gasteiger partial charge in [-0.1, -0.05) is 24.3 Å². The molecule has 0 spiro atoms. The largest absolute Gasteiger partial charge is 0.496 e. The summed E-state index contributed by atoms with van der Waals surface area (Å²) in [5.74, 6) is 0.441. The van der Waals surface area contributed by atoms with Crippen LogP contribution in [0.25, 0.3) is 0 Å². The van der Waals surface area contributed by atoms with E-state index in [0.29, 0.717) is 17.8 Å². The Morgan fingerprint density at radius 2 is 1.95 bits per heavy atom. The fraction of sp³-hybridized carbons (Fsp3) is 0.294. The Morgan fingerprint density at radius 1 is 1.24 bits per heavy atom. The maximum atomic E-state index is 14.2. The maximum Gasteiger partial charge on any atom is 0.146 e. The van der Waals surface area contributed by atoms with E-state index in [1.807, 2.05) is 36.2 Å². The Kier molecular flexibility index (Phi) is 4.81. The number of aliphatic hydroxyl groups is 1. The fourth-order valence-electron chi connectivity index (χ4n) is 2.27. The smallest absolute Gasteiger partial charge is 0.146 e. The summed E-state index contributed by atoms with van der Waals surface area (Å²) in [6, 6.07) is 12.5.